The molecule has 0 heteroatoms. The van der Waals surface area contributed by atoms with Crippen LogP contribution in [0.15, 0.2) is 127 Å². The molecule has 7 rings (SSSR count). The monoisotopic (exact) mass is 719 g/mol. The number of allylic oxidation sites excluding steroid dienone is 1. The Kier molecular flexibility index (Phi) is 39.4. The lowest BCUT2D eigenvalue weighted by atomic mass is 9.80. The summed E-state index contributed by atoms with van der Waals surface area (Å²) in [4.78, 5) is 0. The van der Waals surface area contributed by atoms with Crippen molar-refractivity contribution in [2.75, 3.05) is 0 Å². The third-order valence-electron chi connectivity index (χ3n) is 7.16. The van der Waals surface area contributed by atoms with E-state index in [1.165, 1.54) is 61.2 Å². The fourth-order valence-corrected chi connectivity index (χ4v) is 5.85. The van der Waals surface area contributed by atoms with Crippen molar-refractivity contribution in [1.82, 2.24) is 0 Å². The van der Waals surface area contributed by atoms with Gasteiger partial charge >= 0.3 is 0 Å². The van der Waals surface area contributed by atoms with Gasteiger partial charge < -0.3 is 0 Å². The molecule has 0 aromatic heterocycles. The lowest BCUT2D eigenvalue weighted by Crippen LogP contribution is -2.04. The van der Waals surface area contributed by atoms with E-state index in [0.717, 1.165) is 0 Å². The van der Waals surface area contributed by atoms with Crippen molar-refractivity contribution < 1.29 is 0 Å². The van der Waals surface area contributed by atoms with E-state index in [1.54, 1.807) is 0 Å². The molecule has 0 saturated carbocycles. The second-order valence-corrected chi connectivity index (χ2v) is 8.85. The molecule has 0 bridgehead atoms. The van der Waals surface area contributed by atoms with Crippen molar-refractivity contribution in [3.05, 3.63) is 155 Å². The first kappa shape index (κ1) is 55.6. The van der Waals surface area contributed by atoms with Crippen molar-refractivity contribution in [3.63, 3.8) is 0 Å². The Morgan fingerprint density at radius 2 is 0.509 bits per heavy atom. The van der Waals surface area contributed by atoms with E-state index in [4.69, 9.17) is 0 Å². The fraction of sp³-hybridized carbons (Fsp3) is 0.396. The van der Waals surface area contributed by atoms with Crippen molar-refractivity contribution in [3.8, 4) is 22.3 Å². The highest BCUT2D eigenvalue weighted by Gasteiger charge is 2.36. The second-order valence-electron chi connectivity index (χ2n) is 8.85. The molecule has 0 N–H and O–H groups in total. The summed E-state index contributed by atoms with van der Waals surface area (Å²) < 4.78 is 0. The molecule has 5 aromatic rings. The number of benzene rings is 5. The van der Waals surface area contributed by atoms with Crippen LogP contribution in [0.3, 0.4) is 0 Å². The van der Waals surface area contributed by atoms with Crippen LogP contribution in [-0.2, 0) is 0 Å². The molecular weight excluding hydrogens is 637 g/mol. The van der Waals surface area contributed by atoms with Crippen molar-refractivity contribution in [2.45, 2.75) is 144 Å². The van der Waals surface area contributed by atoms with E-state index in [2.05, 4.69) is 127 Å². The van der Waals surface area contributed by atoms with Crippen molar-refractivity contribution in [1.29, 1.82) is 0 Å². The van der Waals surface area contributed by atoms with Crippen LogP contribution in [0, 0.1) is 0 Å². The van der Waals surface area contributed by atoms with Gasteiger partial charge in [0.1, 0.15) is 0 Å². The summed E-state index contributed by atoms with van der Waals surface area (Å²) in [6.45, 7) is 40.0. The van der Waals surface area contributed by atoms with Crippen molar-refractivity contribution in [2.24, 2.45) is 0 Å². The normalized spacial score (nSPS) is 9.40. The Morgan fingerprint density at radius 3 is 0.830 bits per heavy atom. The molecule has 0 amide bonds. The highest BCUT2D eigenvalue weighted by atomic mass is 14.4. The van der Waals surface area contributed by atoms with E-state index in [-0.39, 0.29) is 5.92 Å². The van der Waals surface area contributed by atoms with Crippen LogP contribution < -0.4 is 0 Å². The van der Waals surface area contributed by atoms with Gasteiger partial charge in [-0.05, 0) is 61.2 Å². The molecule has 0 spiro atoms. The van der Waals surface area contributed by atoms with Crippen LogP contribution in [-0.4, -0.2) is 0 Å². The molecule has 2 aliphatic rings. The minimum atomic E-state index is 0.189. The zero-order chi connectivity index (χ0) is 41.8. The van der Waals surface area contributed by atoms with Crippen LogP contribution in [0.1, 0.15) is 172 Å². The third-order valence-corrected chi connectivity index (χ3v) is 7.16. The lowest BCUT2D eigenvalue weighted by molar-refractivity contribution is 1.09. The molecule has 0 radical (unpaired) electrons. The van der Waals surface area contributed by atoms with E-state index in [9.17, 15) is 0 Å². The first-order chi connectivity index (χ1) is 26.4. The van der Waals surface area contributed by atoms with E-state index < -0.39 is 0 Å². The molecule has 0 heterocycles. The fourth-order valence-electron chi connectivity index (χ4n) is 5.85. The molecule has 294 valence electrons. The quantitative estimate of drug-likeness (QED) is 0.167. The highest BCUT2D eigenvalue weighted by Crippen LogP contribution is 2.56. The van der Waals surface area contributed by atoms with E-state index >= 15 is 0 Å². The topological polar surface area (TPSA) is 0 Å². The van der Waals surface area contributed by atoms with Gasteiger partial charge in [0.25, 0.3) is 0 Å². The summed E-state index contributed by atoms with van der Waals surface area (Å²) in [6.07, 6.45) is 0. The molecule has 0 aliphatic heterocycles. The molecular formula is C53H82. The molecule has 2 aliphatic carbocycles. The van der Waals surface area contributed by atoms with Gasteiger partial charge in [-0.1, -0.05) is 266 Å². The standard InChI is InChI=1S/C33H22.10C2H6/c1-2-12-22(13-3-1)31(32-27-18-8-4-14-23(27)24-15-5-9-19-28(24)32)33-29-20-10-6-16-25(29)26-17-7-11-21-30(26)33;10*1-2/h1-21,32H;10*1-2H3. The summed E-state index contributed by atoms with van der Waals surface area (Å²) in [5, 5.41) is 0. The molecule has 0 unspecified atom stereocenters. The van der Waals surface area contributed by atoms with Crippen LogP contribution in [0.25, 0.3) is 33.4 Å². The summed E-state index contributed by atoms with van der Waals surface area (Å²) in [7, 11) is 0. The van der Waals surface area contributed by atoms with Gasteiger partial charge in [0.05, 0.1) is 0 Å². The summed E-state index contributed by atoms with van der Waals surface area (Å²) in [6, 6.07) is 46.6. The number of fused-ring (bicyclic) bond motifs is 6. The summed E-state index contributed by atoms with van der Waals surface area (Å²) in [5.41, 5.74) is 14.9. The van der Waals surface area contributed by atoms with Gasteiger partial charge in [-0.15, -0.1) is 0 Å². The van der Waals surface area contributed by atoms with Crippen LogP contribution in [0.2, 0.25) is 0 Å². The minimum Gasteiger partial charge on any atom is -0.0683 e. The Labute approximate surface area is 331 Å². The Balaban J connectivity index is -0.000000526. The first-order valence-corrected chi connectivity index (χ1v) is 21.6. The number of rotatable bonds is 2. The summed E-state index contributed by atoms with van der Waals surface area (Å²) in [5.74, 6) is 0.189. The Bertz CT molecular complexity index is 1460. The maximum absolute atomic E-state index is 2.32. The second kappa shape index (κ2) is 37.6. The van der Waals surface area contributed by atoms with Crippen LogP contribution in [0.4, 0.5) is 0 Å². The average molecular weight is 719 g/mol. The molecule has 53 heavy (non-hydrogen) atoms. The molecule has 5 aromatic carbocycles. The zero-order valence-electron chi connectivity index (χ0n) is 38.2. The molecule has 0 fully saturated rings. The van der Waals surface area contributed by atoms with Gasteiger partial charge in [0.15, 0.2) is 0 Å². The maximum Gasteiger partial charge on any atom is 0.0364 e. The average Bonchev–Trinajstić information content (AvgIpc) is 3.82. The lowest BCUT2D eigenvalue weighted by Gasteiger charge is -2.23. The summed E-state index contributed by atoms with van der Waals surface area (Å²) >= 11 is 0. The number of hydrogen-bond acceptors (Lipinski definition) is 0. The molecule has 0 saturated heterocycles. The predicted molar refractivity (Wildman–Crippen MR) is 251 cm³/mol. The minimum absolute atomic E-state index is 0.189. The third kappa shape index (κ3) is 14.3. The largest absolute Gasteiger partial charge is 0.0683 e. The molecule has 0 atom stereocenters. The number of hydrogen-bond donors (Lipinski definition) is 0. The van der Waals surface area contributed by atoms with Gasteiger partial charge in [-0.2, -0.15) is 0 Å². The van der Waals surface area contributed by atoms with Crippen LogP contribution >= 0.6 is 0 Å². The molecule has 0 nitrogen and oxygen atoms in total. The maximum atomic E-state index is 2.32. The van der Waals surface area contributed by atoms with Crippen LogP contribution in [0.5, 0.6) is 0 Å². The van der Waals surface area contributed by atoms with Gasteiger partial charge in [-0.3, -0.25) is 0 Å². The smallest absolute Gasteiger partial charge is 0.0364 e. The SMILES string of the molecule is CC.CC.CC.CC.CC.CC.CC.CC.CC.CC.c1ccc(C(=C2c3ccccc3-c3ccccc32)C2c3ccccc3-c3ccccc32)cc1. The first-order valence-electron chi connectivity index (χ1n) is 21.6. The van der Waals surface area contributed by atoms with Gasteiger partial charge in [0.2, 0.25) is 0 Å². The van der Waals surface area contributed by atoms with E-state index in [0.29, 0.717) is 0 Å². The van der Waals surface area contributed by atoms with Crippen molar-refractivity contribution >= 4 is 11.1 Å². The van der Waals surface area contributed by atoms with E-state index in [1.807, 2.05) is 138 Å². The Morgan fingerprint density at radius 1 is 0.264 bits per heavy atom. The Hall–Kier alpha value is -4.16. The zero-order valence-corrected chi connectivity index (χ0v) is 38.2. The highest BCUT2D eigenvalue weighted by molar-refractivity contribution is 6.12. The predicted octanol–water partition coefficient (Wildman–Crippen LogP) is 18.7. The van der Waals surface area contributed by atoms with Gasteiger partial charge in [-0.25, -0.2) is 0 Å². The van der Waals surface area contributed by atoms with Gasteiger partial charge in [0, 0.05) is 5.92 Å².